The van der Waals surface area contributed by atoms with Gasteiger partial charge in [-0.05, 0) is 19.7 Å². The van der Waals surface area contributed by atoms with Gasteiger partial charge in [0.25, 0.3) is 0 Å². The molecule has 0 aromatic heterocycles. The summed E-state index contributed by atoms with van der Waals surface area (Å²) in [5.41, 5.74) is 1.24. The molecule has 1 rings (SSSR count). The van der Waals surface area contributed by atoms with Crippen LogP contribution in [0.1, 0.15) is 5.56 Å². The molecule has 0 fully saturated rings. The first-order valence-corrected chi connectivity index (χ1v) is 4.82. The van der Waals surface area contributed by atoms with E-state index < -0.39 is 0 Å². The van der Waals surface area contributed by atoms with Crippen molar-refractivity contribution in [1.29, 1.82) is 0 Å². The monoisotopic (exact) mass is 187 g/mol. The molecule has 0 N–H and O–H groups in total. The highest BCUT2D eigenvalue weighted by Gasteiger charge is 1.81. The molecule has 1 nitrogen and oxygen atoms in total. The largest absolute Gasteiger partial charge is 0.306 e. The van der Waals surface area contributed by atoms with Gasteiger partial charge in [-0.2, -0.15) is 0 Å². The maximum atomic E-state index is 2.14. The van der Waals surface area contributed by atoms with Crippen LogP contribution in [0.4, 0.5) is 0 Å². The molecule has 0 unspecified atom stereocenters. The summed E-state index contributed by atoms with van der Waals surface area (Å²) in [5, 5.41) is 0. The molecule has 0 heterocycles. The number of rotatable bonds is 4. The Labute approximate surface area is 86.4 Å². The van der Waals surface area contributed by atoms with Crippen molar-refractivity contribution in [2.45, 2.75) is 0 Å². The quantitative estimate of drug-likeness (QED) is 0.655. The maximum Gasteiger partial charge on any atom is 0.0160 e. The van der Waals surface area contributed by atoms with Crippen molar-refractivity contribution in [3.8, 4) is 0 Å². The molecule has 1 heteroatoms. The summed E-state index contributed by atoms with van der Waals surface area (Å²) in [6, 6.07) is 10.3. The van der Waals surface area contributed by atoms with E-state index in [4.69, 9.17) is 0 Å². The van der Waals surface area contributed by atoms with Crippen LogP contribution in [0.3, 0.4) is 0 Å². The zero-order valence-electron chi connectivity index (χ0n) is 8.85. The van der Waals surface area contributed by atoms with Crippen molar-refractivity contribution < 1.29 is 0 Å². The maximum absolute atomic E-state index is 2.14. The fourth-order valence-electron chi connectivity index (χ4n) is 1.08. The van der Waals surface area contributed by atoms with E-state index in [2.05, 4.69) is 55.4 Å². The zero-order valence-corrected chi connectivity index (χ0v) is 8.85. The third kappa shape index (κ3) is 4.63. The summed E-state index contributed by atoms with van der Waals surface area (Å²) >= 11 is 0. The van der Waals surface area contributed by atoms with Crippen LogP contribution in [0.2, 0.25) is 0 Å². The van der Waals surface area contributed by atoms with Crippen molar-refractivity contribution in [2.24, 2.45) is 0 Å². The van der Waals surface area contributed by atoms with Crippen molar-refractivity contribution in [1.82, 2.24) is 4.90 Å². The Morgan fingerprint density at radius 2 is 1.79 bits per heavy atom. The molecule has 0 bridgehead atoms. The van der Waals surface area contributed by atoms with E-state index in [1.165, 1.54) is 5.56 Å². The smallest absolute Gasteiger partial charge is 0.0160 e. The summed E-state index contributed by atoms with van der Waals surface area (Å²) in [7, 11) is 4.12. The Hall–Kier alpha value is -1.34. The van der Waals surface area contributed by atoms with E-state index in [0.717, 1.165) is 6.54 Å². The van der Waals surface area contributed by atoms with Crippen LogP contribution in [0.25, 0.3) is 6.08 Å². The van der Waals surface area contributed by atoms with E-state index in [1.54, 1.807) is 0 Å². The van der Waals surface area contributed by atoms with Crippen molar-refractivity contribution in [3.05, 3.63) is 54.1 Å². The first-order valence-electron chi connectivity index (χ1n) is 4.82. The summed E-state index contributed by atoms with van der Waals surface area (Å²) in [4.78, 5) is 2.13. The number of allylic oxidation sites excluding steroid dienone is 2. The zero-order chi connectivity index (χ0) is 10.2. The first kappa shape index (κ1) is 10.7. The molecule has 14 heavy (non-hydrogen) atoms. The van der Waals surface area contributed by atoms with E-state index in [0.29, 0.717) is 0 Å². The van der Waals surface area contributed by atoms with Crippen LogP contribution in [-0.2, 0) is 0 Å². The van der Waals surface area contributed by atoms with Gasteiger partial charge in [0.1, 0.15) is 0 Å². The molecule has 0 aliphatic rings. The van der Waals surface area contributed by atoms with Gasteiger partial charge < -0.3 is 4.90 Å². The minimum Gasteiger partial charge on any atom is -0.306 e. The van der Waals surface area contributed by atoms with Gasteiger partial charge >= 0.3 is 0 Å². The van der Waals surface area contributed by atoms with Gasteiger partial charge in [0.05, 0.1) is 0 Å². The standard InChI is InChI=1S/C13H17N/c1-14(2)12-8-4-7-11-13-9-5-3-6-10-13/h3-11H,12H2,1-2H3/b8-4+,11-7+. The van der Waals surface area contributed by atoms with Gasteiger partial charge in [-0.1, -0.05) is 54.6 Å². The normalized spacial score (nSPS) is 11.9. The number of hydrogen-bond acceptors (Lipinski definition) is 1. The topological polar surface area (TPSA) is 3.24 Å². The van der Waals surface area contributed by atoms with Crippen molar-refractivity contribution in [2.75, 3.05) is 20.6 Å². The van der Waals surface area contributed by atoms with E-state index in [9.17, 15) is 0 Å². The third-order valence-corrected chi connectivity index (χ3v) is 1.81. The van der Waals surface area contributed by atoms with Crippen LogP contribution in [-0.4, -0.2) is 25.5 Å². The van der Waals surface area contributed by atoms with Crippen LogP contribution < -0.4 is 0 Å². The van der Waals surface area contributed by atoms with Gasteiger partial charge in [0.2, 0.25) is 0 Å². The molecule has 0 saturated heterocycles. The predicted octanol–water partition coefficient (Wildman–Crippen LogP) is 2.82. The van der Waals surface area contributed by atoms with Crippen LogP contribution in [0.15, 0.2) is 48.6 Å². The molecule has 1 aromatic rings. The van der Waals surface area contributed by atoms with Crippen LogP contribution in [0, 0.1) is 0 Å². The lowest BCUT2D eigenvalue weighted by Gasteiger charge is -2.02. The lowest BCUT2D eigenvalue weighted by molar-refractivity contribution is 0.456. The Bertz CT molecular complexity index is 296. The average molecular weight is 187 g/mol. The van der Waals surface area contributed by atoms with Gasteiger partial charge in [-0.3, -0.25) is 0 Å². The molecule has 1 aromatic carbocycles. The molecule has 0 saturated carbocycles. The van der Waals surface area contributed by atoms with Crippen molar-refractivity contribution in [3.63, 3.8) is 0 Å². The fraction of sp³-hybridized carbons (Fsp3) is 0.231. The summed E-state index contributed by atoms with van der Waals surface area (Å²) in [5.74, 6) is 0. The van der Waals surface area contributed by atoms with Gasteiger partial charge in [-0.25, -0.2) is 0 Å². The molecule has 0 atom stereocenters. The second-order valence-corrected chi connectivity index (χ2v) is 3.46. The highest BCUT2D eigenvalue weighted by molar-refractivity contribution is 5.50. The molecule has 0 radical (unpaired) electrons. The van der Waals surface area contributed by atoms with Crippen molar-refractivity contribution >= 4 is 6.08 Å². The average Bonchev–Trinajstić information content (AvgIpc) is 2.18. The molecular formula is C13H17N. The minimum atomic E-state index is 0.985. The summed E-state index contributed by atoms with van der Waals surface area (Å²) in [6.07, 6.45) is 8.39. The van der Waals surface area contributed by atoms with Crippen LogP contribution >= 0.6 is 0 Å². The fourth-order valence-corrected chi connectivity index (χ4v) is 1.08. The molecule has 0 aliphatic carbocycles. The Balaban J connectivity index is 2.38. The molecule has 0 spiro atoms. The number of benzene rings is 1. The number of nitrogens with zero attached hydrogens (tertiary/aromatic N) is 1. The van der Waals surface area contributed by atoms with E-state index in [1.807, 2.05) is 18.2 Å². The molecular weight excluding hydrogens is 170 g/mol. The summed E-state index contributed by atoms with van der Waals surface area (Å²) < 4.78 is 0. The lowest BCUT2D eigenvalue weighted by Crippen LogP contribution is -2.10. The Kier molecular flexibility index (Phi) is 4.73. The second kappa shape index (κ2) is 6.17. The highest BCUT2D eigenvalue weighted by Crippen LogP contribution is 2.00. The lowest BCUT2D eigenvalue weighted by atomic mass is 10.2. The highest BCUT2D eigenvalue weighted by atomic mass is 15.0. The number of hydrogen-bond donors (Lipinski definition) is 0. The Morgan fingerprint density at radius 3 is 2.43 bits per heavy atom. The number of likely N-dealkylation sites (N-methyl/N-ethyl adjacent to an activating group) is 1. The molecule has 74 valence electrons. The summed E-state index contributed by atoms with van der Waals surface area (Å²) in [6.45, 7) is 0.985. The predicted molar refractivity (Wildman–Crippen MR) is 63.2 cm³/mol. The second-order valence-electron chi connectivity index (χ2n) is 3.46. The van der Waals surface area contributed by atoms with Gasteiger partial charge in [0.15, 0.2) is 0 Å². The van der Waals surface area contributed by atoms with E-state index in [-0.39, 0.29) is 0 Å². The van der Waals surface area contributed by atoms with Gasteiger partial charge in [0, 0.05) is 6.54 Å². The third-order valence-electron chi connectivity index (χ3n) is 1.81. The SMILES string of the molecule is CN(C)C/C=C/C=C/c1ccccc1. The van der Waals surface area contributed by atoms with Gasteiger partial charge in [-0.15, -0.1) is 0 Å². The van der Waals surface area contributed by atoms with E-state index >= 15 is 0 Å². The first-order chi connectivity index (χ1) is 6.79. The molecule has 0 amide bonds. The minimum absolute atomic E-state index is 0.985. The van der Waals surface area contributed by atoms with Crippen LogP contribution in [0.5, 0.6) is 0 Å². The Morgan fingerprint density at radius 1 is 1.07 bits per heavy atom. The molecule has 0 aliphatic heterocycles.